The van der Waals surface area contributed by atoms with Crippen LogP contribution in [0.2, 0.25) is 0 Å². The van der Waals surface area contributed by atoms with Gasteiger partial charge in [-0.3, -0.25) is 9.59 Å². The number of hydrogen-bond acceptors (Lipinski definition) is 6. The molecule has 2 aromatic rings. The van der Waals surface area contributed by atoms with Gasteiger partial charge in [-0.05, 0) is 32.9 Å². The molecular weight excluding hydrogens is 322 g/mol. The second-order valence-corrected chi connectivity index (χ2v) is 5.15. The second-order valence-electron chi connectivity index (χ2n) is 5.15. The molecule has 0 saturated heterocycles. The highest BCUT2D eigenvalue weighted by Crippen LogP contribution is 2.20. The van der Waals surface area contributed by atoms with Crippen molar-refractivity contribution in [2.24, 2.45) is 10.9 Å². The van der Waals surface area contributed by atoms with Crippen LogP contribution in [0, 0.1) is 12.8 Å². The molecule has 0 bridgehead atoms. The highest BCUT2D eigenvalue weighted by atomic mass is 16.6. The van der Waals surface area contributed by atoms with E-state index in [9.17, 15) is 9.59 Å². The van der Waals surface area contributed by atoms with E-state index in [0.717, 1.165) is 11.4 Å². The van der Waals surface area contributed by atoms with Crippen molar-refractivity contribution in [3.63, 3.8) is 0 Å². The molecule has 0 unspecified atom stereocenters. The van der Waals surface area contributed by atoms with Crippen molar-refractivity contribution < 1.29 is 19.1 Å². The third-order valence-corrected chi connectivity index (χ3v) is 3.25. The van der Waals surface area contributed by atoms with E-state index in [2.05, 4.69) is 10.1 Å². The molecule has 0 fully saturated rings. The second kappa shape index (κ2) is 8.77. The molecule has 0 amide bonds. The maximum atomic E-state index is 12.0. The largest absolute Gasteiger partial charge is 0.465 e. The van der Waals surface area contributed by atoms with Gasteiger partial charge in [0.15, 0.2) is 11.7 Å². The third kappa shape index (κ3) is 4.76. The molecular formula is C18H21N3O4. The number of hydrogen-bond donors (Lipinski definition) is 0. The first kappa shape index (κ1) is 18.4. The summed E-state index contributed by atoms with van der Waals surface area (Å²) in [5.74, 6) is -2.08. The fourth-order valence-corrected chi connectivity index (χ4v) is 2.17. The van der Waals surface area contributed by atoms with Gasteiger partial charge in [0.25, 0.3) is 0 Å². The number of nitrogens with zero attached hydrogens (tertiary/aromatic N) is 3. The SMILES string of the molecule is CCOC(=O)C(/C=N/c1cc(C)nn1-c1ccccc1)C(=O)OCC. The molecule has 0 saturated carbocycles. The lowest BCUT2D eigenvalue weighted by Gasteiger charge is -2.10. The molecule has 132 valence electrons. The average Bonchev–Trinajstić information content (AvgIpc) is 2.97. The lowest BCUT2D eigenvalue weighted by molar-refractivity contribution is -0.157. The van der Waals surface area contributed by atoms with Gasteiger partial charge < -0.3 is 9.47 Å². The van der Waals surface area contributed by atoms with Crippen LogP contribution in [0.3, 0.4) is 0 Å². The summed E-state index contributed by atoms with van der Waals surface area (Å²) in [5, 5.41) is 4.39. The van der Waals surface area contributed by atoms with Crippen LogP contribution in [0.1, 0.15) is 19.5 Å². The Morgan fingerprint density at radius 1 is 1.16 bits per heavy atom. The van der Waals surface area contributed by atoms with E-state index in [1.165, 1.54) is 6.21 Å². The molecule has 7 nitrogen and oxygen atoms in total. The van der Waals surface area contributed by atoms with E-state index in [0.29, 0.717) is 5.82 Å². The van der Waals surface area contributed by atoms with Crippen LogP contribution in [0.5, 0.6) is 0 Å². The third-order valence-electron chi connectivity index (χ3n) is 3.25. The number of benzene rings is 1. The van der Waals surface area contributed by atoms with Crippen molar-refractivity contribution in [2.45, 2.75) is 20.8 Å². The Kier molecular flexibility index (Phi) is 6.45. The lowest BCUT2D eigenvalue weighted by Crippen LogP contribution is -2.29. The number of esters is 2. The van der Waals surface area contributed by atoms with Crippen LogP contribution in [-0.4, -0.2) is 41.1 Å². The normalized spacial score (nSPS) is 11.0. The van der Waals surface area contributed by atoms with Crippen molar-refractivity contribution >= 4 is 24.0 Å². The molecule has 0 atom stereocenters. The van der Waals surface area contributed by atoms with Crippen molar-refractivity contribution in [1.29, 1.82) is 0 Å². The first-order valence-electron chi connectivity index (χ1n) is 8.06. The first-order chi connectivity index (χ1) is 12.1. The number of carbonyl (C=O) groups is 2. The summed E-state index contributed by atoms with van der Waals surface area (Å²) in [6, 6.07) is 11.2. The Labute approximate surface area is 146 Å². The van der Waals surface area contributed by atoms with Crippen LogP contribution in [-0.2, 0) is 19.1 Å². The van der Waals surface area contributed by atoms with E-state index in [1.54, 1.807) is 24.6 Å². The Bertz CT molecular complexity index is 735. The van der Waals surface area contributed by atoms with Gasteiger partial charge in [-0.1, -0.05) is 18.2 Å². The zero-order chi connectivity index (χ0) is 18.2. The van der Waals surface area contributed by atoms with Gasteiger partial charge in [-0.25, -0.2) is 9.67 Å². The number of carbonyl (C=O) groups excluding carboxylic acids is 2. The number of rotatable bonds is 7. The van der Waals surface area contributed by atoms with E-state index in [4.69, 9.17) is 9.47 Å². The predicted molar refractivity (Wildman–Crippen MR) is 93.2 cm³/mol. The fraction of sp³-hybridized carbons (Fsp3) is 0.333. The monoisotopic (exact) mass is 343 g/mol. The molecule has 0 spiro atoms. The Hall–Kier alpha value is -2.96. The molecule has 2 rings (SSSR count). The number of para-hydroxylation sites is 1. The maximum Gasteiger partial charge on any atom is 0.325 e. The maximum absolute atomic E-state index is 12.0. The van der Waals surface area contributed by atoms with Crippen molar-refractivity contribution in [3.05, 3.63) is 42.1 Å². The molecule has 7 heteroatoms. The minimum atomic E-state index is -1.21. The van der Waals surface area contributed by atoms with Crippen molar-refractivity contribution in [3.8, 4) is 5.69 Å². The molecule has 25 heavy (non-hydrogen) atoms. The van der Waals surface area contributed by atoms with Crippen LogP contribution >= 0.6 is 0 Å². The number of ether oxygens (including phenoxy) is 2. The quantitative estimate of drug-likeness (QED) is 0.438. The van der Waals surface area contributed by atoms with Gasteiger partial charge >= 0.3 is 11.9 Å². The molecule has 0 aliphatic carbocycles. The minimum absolute atomic E-state index is 0.170. The summed E-state index contributed by atoms with van der Waals surface area (Å²) in [7, 11) is 0. The predicted octanol–water partition coefficient (Wildman–Crippen LogP) is 2.63. The van der Waals surface area contributed by atoms with E-state index in [-0.39, 0.29) is 13.2 Å². The van der Waals surface area contributed by atoms with Gasteiger partial charge in [-0.2, -0.15) is 5.10 Å². The van der Waals surface area contributed by atoms with Crippen LogP contribution in [0.25, 0.3) is 5.69 Å². The molecule has 0 radical (unpaired) electrons. The summed E-state index contributed by atoms with van der Waals surface area (Å²) in [4.78, 5) is 28.3. The van der Waals surface area contributed by atoms with Crippen molar-refractivity contribution in [2.75, 3.05) is 13.2 Å². The summed E-state index contributed by atoms with van der Waals surface area (Å²) < 4.78 is 11.5. The van der Waals surface area contributed by atoms with Gasteiger partial charge in [0, 0.05) is 12.3 Å². The van der Waals surface area contributed by atoms with Crippen LogP contribution < -0.4 is 0 Å². The zero-order valence-corrected chi connectivity index (χ0v) is 14.5. The highest BCUT2D eigenvalue weighted by molar-refractivity contribution is 6.09. The fourth-order valence-electron chi connectivity index (χ4n) is 2.17. The van der Waals surface area contributed by atoms with Gasteiger partial charge in [0.2, 0.25) is 0 Å². The zero-order valence-electron chi connectivity index (χ0n) is 14.5. The topological polar surface area (TPSA) is 82.8 Å². The number of aryl methyl sites for hydroxylation is 1. The van der Waals surface area contributed by atoms with Gasteiger partial charge in [0.05, 0.1) is 24.6 Å². The van der Waals surface area contributed by atoms with E-state index < -0.39 is 17.9 Å². The average molecular weight is 343 g/mol. The number of aliphatic imine (C=N–C) groups is 1. The molecule has 1 aromatic heterocycles. The highest BCUT2D eigenvalue weighted by Gasteiger charge is 2.28. The minimum Gasteiger partial charge on any atom is -0.465 e. The smallest absolute Gasteiger partial charge is 0.325 e. The molecule has 0 aliphatic rings. The summed E-state index contributed by atoms with van der Waals surface area (Å²) in [6.07, 6.45) is 1.24. The van der Waals surface area contributed by atoms with Gasteiger partial charge in [-0.15, -0.1) is 0 Å². The molecule has 1 aromatic carbocycles. The Balaban J connectivity index is 2.32. The molecule has 1 heterocycles. The summed E-state index contributed by atoms with van der Waals surface area (Å²) in [5.41, 5.74) is 1.59. The van der Waals surface area contributed by atoms with Crippen molar-refractivity contribution in [1.82, 2.24) is 9.78 Å². The van der Waals surface area contributed by atoms with Gasteiger partial charge in [0.1, 0.15) is 0 Å². The first-order valence-corrected chi connectivity index (χ1v) is 8.06. The molecule has 0 aliphatic heterocycles. The lowest BCUT2D eigenvalue weighted by atomic mass is 10.2. The summed E-state index contributed by atoms with van der Waals surface area (Å²) >= 11 is 0. The van der Waals surface area contributed by atoms with Crippen LogP contribution in [0.15, 0.2) is 41.4 Å². The molecule has 0 N–H and O–H groups in total. The van der Waals surface area contributed by atoms with E-state index >= 15 is 0 Å². The van der Waals surface area contributed by atoms with E-state index in [1.807, 2.05) is 37.3 Å². The summed E-state index contributed by atoms with van der Waals surface area (Å²) in [6.45, 7) is 5.52. The standard InChI is InChI=1S/C18H21N3O4/c1-4-24-17(22)15(18(23)25-5-2)12-19-16-11-13(3)20-21(16)14-9-7-6-8-10-14/h6-12,15H,4-5H2,1-3H3/b19-12+. The van der Waals surface area contributed by atoms with Crippen LogP contribution in [0.4, 0.5) is 5.82 Å². The Morgan fingerprint density at radius 2 is 1.76 bits per heavy atom. The number of aromatic nitrogens is 2. The Morgan fingerprint density at radius 3 is 2.32 bits per heavy atom.